The van der Waals surface area contributed by atoms with Crippen LogP contribution in [0.15, 0.2) is 40.2 Å². The summed E-state index contributed by atoms with van der Waals surface area (Å²) in [6.45, 7) is 6.56. The fourth-order valence-corrected chi connectivity index (χ4v) is 2.51. The van der Waals surface area contributed by atoms with E-state index in [1.807, 2.05) is 14.0 Å². The fourth-order valence-electron chi connectivity index (χ4n) is 1.60. The van der Waals surface area contributed by atoms with Crippen molar-refractivity contribution < 1.29 is 8.42 Å². The topological polar surface area (TPSA) is 63.4 Å². The van der Waals surface area contributed by atoms with Gasteiger partial charge in [0.2, 0.25) is 10.0 Å². The number of nitrogens with zero attached hydrogens (tertiary/aromatic N) is 1. The highest BCUT2D eigenvalue weighted by atomic mass is 79.9. The normalized spacial score (nSPS) is 13.6. The zero-order chi connectivity index (χ0) is 13.9. The fraction of sp³-hybridized carbons (Fsp3) is 0.333. The molecule has 18 heavy (non-hydrogen) atoms. The maximum Gasteiger partial charge on any atom is 0.238 e. The number of sulfonamides is 1. The summed E-state index contributed by atoms with van der Waals surface area (Å²) in [5.74, 6) is 0. The van der Waals surface area contributed by atoms with Crippen LogP contribution >= 0.6 is 15.9 Å². The van der Waals surface area contributed by atoms with E-state index in [0.717, 1.165) is 16.6 Å². The SMILES string of the molecule is C=C(Br)CN(C)C(C)c1ccc(S(N)(=O)=O)cc1. The third kappa shape index (κ3) is 4.20. The molecule has 1 aromatic rings. The number of primary sulfonamides is 1. The first kappa shape index (κ1) is 15.4. The van der Waals surface area contributed by atoms with E-state index in [2.05, 4.69) is 27.4 Å². The Morgan fingerprint density at radius 2 is 1.94 bits per heavy atom. The molecular formula is C12H17BrN2O2S. The molecule has 4 nitrogen and oxygen atoms in total. The molecule has 1 atom stereocenters. The first-order valence-electron chi connectivity index (χ1n) is 5.38. The van der Waals surface area contributed by atoms with Gasteiger partial charge in [0, 0.05) is 17.1 Å². The van der Waals surface area contributed by atoms with Crippen molar-refractivity contribution >= 4 is 26.0 Å². The van der Waals surface area contributed by atoms with Crippen LogP contribution in [0.2, 0.25) is 0 Å². The monoisotopic (exact) mass is 332 g/mol. The molecule has 0 amide bonds. The van der Waals surface area contributed by atoms with Crippen molar-refractivity contribution in [3.63, 3.8) is 0 Å². The van der Waals surface area contributed by atoms with E-state index in [0.29, 0.717) is 0 Å². The molecule has 0 bridgehead atoms. The van der Waals surface area contributed by atoms with Gasteiger partial charge in [0.1, 0.15) is 0 Å². The number of nitrogens with two attached hydrogens (primary N) is 1. The van der Waals surface area contributed by atoms with Gasteiger partial charge in [-0.05, 0) is 31.7 Å². The van der Waals surface area contributed by atoms with E-state index in [1.54, 1.807) is 12.1 Å². The average molecular weight is 333 g/mol. The Hall–Kier alpha value is -0.690. The van der Waals surface area contributed by atoms with Crippen molar-refractivity contribution in [1.29, 1.82) is 0 Å². The van der Waals surface area contributed by atoms with Crippen LogP contribution < -0.4 is 5.14 Å². The summed E-state index contributed by atoms with van der Waals surface area (Å²) in [6, 6.07) is 6.76. The summed E-state index contributed by atoms with van der Waals surface area (Å²) < 4.78 is 23.2. The van der Waals surface area contributed by atoms with Crippen LogP contribution in [0.4, 0.5) is 0 Å². The highest BCUT2D eigenvalue weighted by Crippen LogP contribution is 2.21. The van der Waals surface area contributed by atoms with Crippen LogP contribution in [0.3, 0.4) is 0 Å². The Balaban J connectivity index is 2.88. The Kier molecular flexibility index (Phi) is 5.10. The van der Waals surface area contributed by atoms with Gasteiger partial charge in [0.05, 0.1) is 4.90 Å². The third-order valence-electron chi connectivity index (χ3n) is 2.77. The van der Waals surface area contributed by atoms with Gasteiger partial charge in [-0.3, -0.25) is 4.90 Å². The molecule has 0 saturated carbocycles. The number of likely N-dealkylation sites (N-methyl/N-ethyl adjacent to an activating group) is 1. The lowest BCUT2D eigenvalue weighted by molar-refractivity contribution is 0.288. The van der Waals surface area contributed by atoms with Gasteiger partial charge in [-0.2, -0.15) is 0 Å². The first-order valence-corrected chi connectivity index (χ1v) is 7.72. The van der Waals surface area contributed by atoms with Crippen LogP contribution in [0.1, 0.15) is 18.5 Å². The van der Waals surface area contributed by atoms with E-state index in [-0.39, 0.29) is 10.9 Å². The summed E-state index contributed by atoms with van der Waals surface area (Å²) in [5, 5.41) is 5.05. The van der Waals surface area contributed by atoms with Crippen LogP contribution in [0, 0.1) is 0 Å². The molecule has 0 spiro atoms. The summed E-state index contributed by atoms with van der Waals surface area (Å²) in [7, 11) is -1.64. The van der Waals surface area contributed by atoms with E-state index >= 15 is 0 Å². The van der Waals surface area contributed by atoms with Gasteiger partial charge in [-0.15, -0.1) is 0 Å². The number of halogens is 1. The maximum atomic E-state index is 11.1. The lowest BCUT2D eigenvalue weighted by Gasteiger charge is -2.24. The van der Waals surface area contributed by atoms with Crippen molar-refractivity contribution in [1.82, 2.24) is 4.90 Å². The van der Waals surface area contributed by atoms with Crippen LogP contribution in [-0.4, -0.2) is 26.9 Å². The van der Waals surface area contributed by atoms with Gasteiger partial charge < -0.3 is 0 Å². The minimum absolute atomic E-state index is 0.131. The van der Waals surface area contributed by atoms with Crippen molar-refractivity contribution in [2.24, 2.45) is 5.14 Å². The molecule has 0 aliphatic heterocycles. The standard InChI is InChI=1S/C12H17BrN2O2S/c1-9(13)8-15(3)10(2)11-4-6-12(7-5-11)18(14,16)17/h4-7,10H,1,8H2,2-3H3,(H2,14,16,17). The number of rotatable bonds is 5. The van der Waals surface area contributed by atoms with E-state index in [4.69, 9.17) is 5.14 Å². The molecule has 0 radical (unpaired) electrons. The number of hydrogen-bond donors (Lipinski definition) is 1. The smallest absolute Gasteiger partial charge is 0.238 e. The molecule has 1 rings (SSSR count). The summed E-state index contributed by atoms with van der Waals surface area (Å²) in [4.78, 5) is 2.23. The predicted molar refractivity (Wildman–Crippen MR) is 76.9 cm³/mol. The molecule has 100 valence electrons. The molecule has 0 aliphatic carbocycles. The molecular weight excluding hydrogens is 316 g/mol. The molecule has 6 heteroatoms. The Labute approximate surface area is 117 Å². The quantitative estimate of drug-likeness (QED) is 0.899. The van der Waals surface area contributed by atoms with Crippen LogP contribution in [0.25, 0.3) is 0 Å². The molecule has 2 N–H and O–H groups in total. The average Bonchev–Trinajstić information content (AvgIpc) is 2.26. The maximum absolute atomic E-state index is 11.1. The van der Waals surface area contributed by atoms with Crippen molar-refractivity contribution in [3.05, 3.63) is 40.9 Å². The second kappa shape index (κ2) is 5.97. The lowest BCUT2D eigenvalue weighted by Crippen LogP contribution is -2.23. The van der Waals surface area contributed by atoms with Crippen molar-refractivity contribution in [2.75, 3.05) is 13.6 Å². The summed E-state index contributed by atoms with van der Waals surface area (Å²) in [6.07, 6.45) is 0. The Morgan fingerprint density at radius 1 is 1.44 bits per heavy atom. The van der Waals surface area contributed by atoms with Crippen LogP contribution in [0.5, 0.6) is 0 Å². The Bertz CT molecular complexity index is 526. The third-order valence-corrected chi connectivity index (χ3v) is 3.95. The highest BCUT2D eigenvalue weighted by molar-refractivity contribution is 9.11. The van der Waals surface area contributed by atoms with Gasteiger partial charge in [-0.1, -0.05) is 34.6 Å². The summed E-state index contributed by atoms with van der Waals surface area (Å²) >= 11 is 3.32. The lowest BCUT2D eigenvalue weighted by atomic mass is 10.1. The minimum Gasteiger partial charge on any atom is -0.295 e. The van der Waals surface area contributed by atoms with Gasteiger partial charge in [0.15, 0.2) is 0 Å². The van der Waals surface area contributed by atoms with Crippen LogP contribution in [-0.2, 0) is 10.0 Å². The largest absolute Gasteiger partial charge is 0.295 e. The van der Waals surface area contributed by atoms with Gasteiger partial charge in [0.25, 0.3) is 0 Å². The van der Waals surface area contributed by atoms with E-state index in [1.165, 1.54) is 12.1 Å². The number of benzene rings is 1. The Morgan fingerprint density at radius 3 is 2.33 bits per heavy atom. The summed E-state index contributed by atoms with van der Waals surface area (Å²) in [5.41, 5.74) is 1.03. The number of hydrogen-bond acceptors (Lipinski definition) is 3. The molecule has 0 saturated heterocycles. The zero-order valence-electron chi connectivity index (χ0n) is 10.4. The van der Waals surface area contributed by atoms with Gasteiger partial charge >= 0.3 is 0 Å². The molecule has 0 aromatic heterocycles. The zero-order valence-corrected chi connectivity index (χ0v) is 12.8. The minimum atomic E-state index is -3.62. The second-order valence-corrected chi connectivity index (χ2v) is 6.91. The van der Waals surface area contributed by atoms with E-state index in [9.17, 15) is 8.42 Å². The highest BCUT2D eigenvalue weighted by Gasteiger charge is 2.13. The second-order valence-electron chi connectivity index (χ2n) is 4.22. The van der Waals surface area contributed by atoms with Crippen molar-refractivity contribution in [3.8, 4) is 0 Å². The molecule has 0 heterocycles. The van der Waals surface area contributed by atoms with E-state index < -0.39 is 10.0 Å². The molecule has 1 unspecified atom stereocenters. The predicted octanol–water partition coefficient (Wildman–Crippen LogP) is 2.24. The van der Waals surface area contributed by atoms with Gasteiger partial charge in [-0.25, -0.2) is 13.6 Å². The molecule has 0 aliphatic rings. The molecule has 1 aromatic carbocycles. The van der Waals surface area contributed by atoms with Crippen molar-refractivity contribution in [2.45, 2.75) is 17.9 Å². The first-order chi connectivity index (χ1) is 8.21. The molecule has 0 fully saturated rings.